The molecule has 1 saturated heterocycles. The van der Waals surface area contributed by atoms with Gasteiger partial charge in [-0.15, -0.1) is 28.6 Å². The van der Waals surface area contributed by atoms with Gasteiger partial charge in [-0.3, -0.25) is 9.88 Å². The van der Waals surface area contributed by atoms with E-state index >= 15 is 0 Å². The van der Waals surface area contributed by atoms with Crippen LogP contribution in [0, 0.1) is 0 Å². The number of aromatic nitrogens is 1. The number of likely N-dealkylation sites (tertiary alicyclic amines) is 1. The highest BCUT2D eigenvalue weighted by Gasteiger charge is 2.23. The number of hydrogen-bond acceptors (Lipinski definition) is 6. The van der Waals surface area contributed by atoms with Gasteiger partial charge < -0.3 is 9.64 Å². The number of nitrogens with zero attached hydrogens (tertiary/aromatic N) is 4. The number of methoxy groups -OCH3 is 1. The maximum atomic E-state index is 12.6. The zero-order valence-corrected chi connectivity index (χ0v) is 23.6. The van der Waals surface area contributed by atoms with Gasteiger partial charge in [0, 0.05) is 54.1 Å². The van der Waals surface area contributed by atoms with E-state index in [1.54, 1.807) is 44.4 Å². The van der Waals surface area contributed by atoms with Crippen LogP contribution in [0.25, 0.3) is 10.8 Å². The lowest BCUT2D eigenvalue weighted by atomic mass is 10.1. The van der Waals surface area contributed by atoms with Crippen molar-refractivity contribution in [2.24, 2.45) is 4.40 Å². The Balaban J connectivity index is 0.00000361. The van der Waals surface area contributed by atoms with Gasteiger partial charge in [0.05, 0.1) is 17.0 Å². The number of halogens is 2. The van der Waals surface area contributed by atoms with E-state index in [2.05, 4.69) is 20.3 Å². The molecule has 0 bridgehead atoms. The van der Waals surface area contributed by atoms with Crippen molar-refractivity contribution in [1.82, 2.24) is 14.8 Å². The van der Waals surface area contributed by atoms with Crippen molar-refractivity contribution in [2.45, 2.75) is 34.4 Å². The Morgan fingerprint density at radius 2 is 1.94 bits per heavy atom. The number of pyridine rings is 1. The third-order valence-electron chi connectivity index (χ3n) is 5.88. The third-order valence-corrected chi connectivity index (χ3v) is 8.92. The third kappa shape index (κ3) is 7.04. The number of thioether (sulfide) groups is 1. The quantitative estimate of drug-likeness (QED) is 0.267. The predicted molar refractivity (Wildman–Crippen MR) is 151 cm³/mol. The fraction of sp³-hybridized carbons (Fsp3) is 0.360. The topological polar surface area (TPSA) is 75.1 Å². The fourth-order valence-corrected chi connectivity index (χ4v) is 6.48. The molecular formula is C25H30Cl2N4O3S2. The van der Waals surface area contributed by atoms with Crippen molar-refractivity contribution in [3.63, 3.8) is 0 Å². The van der Waals surface area contributed by atoms with Gasteiger partial charge in [-0.05, 0) is 67.7 Å². The number of hydrogen-bond donors (Lipinski definition) is 0. The van der Waals surface area contributed by atoms with Gasteiger partial charge in [0.2, 0.25) is 0 Å². The summed E-state index contributed by atoms with van der Waals surface area (Å²) in [6, 6.07) is 11.0. The van der Waals surface area contributed by atoms with Gasteiger partial charge in [-0.25, -0.2) is 0 Å². The Morgan fingerprint density at radius 1 is 1.19 bits per heavy atom. The summed E-state index contributed by atoms with van der Waals surface area (Å²) >= 11 is 8.38. The summed E-state index contributed by atoms with van der Waals surface area (Å²) < 4.78 is 34.5. The second-order valence-corrected chi connectivity index (χ2v) is 12.1. The van der Waals surface area contributed by atoms with Crippen molar-refractivity contribution in [3.8, 4) is 5.75 Å². The van der Waals surface area contributed by atoms with Crippen molar-refractivity contribution in [3.05, 3.63) is 59.4 Å². The minimum absolute atomic E-state index is 0. The first-order valence-corrected chi connectivity index (χ1v) is 14.0. The number of rotatable bonds is 8. The fourth-order valence-electron chi connectivity index (χ4n) is 4.04. The molecule has 36 heavy (non-hydrogen) atoms. The van der Waals surface area contributed by atoms with E-state index in [9.17, 15) is 8.42 Å². The molecule has 0 unspecified atom stereocenters. The molecule has 1 aliphatic rings. The van der Waals surface area contributed by atoms with E-state index in [-0.39, 0.29) is 17.3 Å². The van der Waals surface area contributed by atoms with Gasteiger partial charge in [0.15, 0.2) is 0 Å². The first kappa shape index (κ1) is 28.5. The second kappa shape index (κ2) is 12.5. The van der Waals surface area contributed by atoms with Crippen LogP contribution in [0.2, 0.25) is 5.02 Å². The molecule has 194 valence electrons. The standard InChI is InChI=1S/C25H29ClN4O3S2.ClH/c1-29(2)17-28-35(31,32)22-4-5-24(33-3)20(12-22)16-30-10-7-21(8-11-30)34-25-14-18-6-9-27-15-19(18)13-23(25)26;/h4-6,9,12-15,17,21H,7-8,10-11,16H2,1-3H3;1H. The molecule has 11 heteroatoms. The highest BCUT2D eigenvalue weighted by Crippen LogP contribution is 2.37. The first-order valence-electron chi connectivity index (χ1n) is 11.3. The van der Waals surface area contributed by atoms with E-state index < -0.39 is 10.0 Å². The lowest BCUT2D eigenvalue weighted by molar-refractivity contribution is 0.222. The van der Waals surface area contributed by atoms with Crippen LogP contribution in [0.15, 0.2) is 63.0 Å². The molecule has 0 aliphatic carbocycles. The summed E-state index contributed by atoms with van der Waals surface area (Å²) in [6.07, 6.45) is 6.95. The van der Waals surface area contributed by atoms with Crippen LogP contribution in [0.1, 0.15) is 18.4 Å². The lowest BCUT2D eigenvalue weighted by Crippen LogP contribution is -2.34. The molecular weight excluding hydrogens is 539 g/mol. The lowest BCUT2D eigenvalue weighted by Gasteiger charge is -2.32. The number of fused-ring (bicyclic) bond motifs is 1. The van der Waals surface area contributed by atoms with Crippen LogP contribution in [-0.2, 0) is 16.6 Å². The number of piperidine rings is 1. The molecule has 1 aliphatic heterocycles. The zero-order chi connectivity index (χ0) is 25.0. The minimum atomic E-state index is -3.77. The maximum absolute atomic E-state index is 12.6. The highest BCUT2D eigenvalue weighted by molar-refractivity contribution is 8.00. The van der Waals surface area contributed by atoms with Crippen LogP contribution in [0.5, 0.6) is 5.75 Å². The van der Waals surface area contributed by atoms with Crippen molar-refractivity contribution >= 4 is 62.9 Å². The molecule has 1 aromatic heterocycles. The molecule has 0 spiro atoms. The summed E-state index contributed by atoms with van der Waals surface area (Å²) in [6.45, 7) is 2.43. The van der Waals surface area contributed by atoms with E-state index in [0.29, 0.717) is 17.5 Å². The minimum Gasteiger partial charge on any atom is -0.496 e. The Morgan fingerprint density at radius 3 is 2.64 bits per heavy atom. The van der Waals surface area contributed by atoms with Crippen LogP contribution < -0.4 is 4.74 Å². The Labute approximate surface area is 228 Å². The van der Waals surface area contributed by atoms with Gasteiger partial charge in [0.1, 0.15) is 12.1 Å². The van der Waals surface area contributed by atoms with Crippen LogP contribution in [0.4, 0.5) is 0 Å². The number of sulfonamides is 1. The summed E-state index contributed by atoms with van der Waals surface area (Å²) in [5, 5.41) is 3.41. The van der Waals surface area contributed by atoms with E-state index in [1.165, 1.54) is 12.4 Å². The molecule has 2 heterocycles. The summed E-state index contributed by atoms with van der Waals surface area (Å²) in [7, 11) is 1.28. The largest absolute Gasteiger partial charge is 0.496 e. The zero-order valence-electron chi connectivity index (χ0n) is 20.4. The highest BCUT2D eigenvalue weighted by atomic mass is 35.5. The van der Waals surface area contributed by atoms with Crippen molar-refractivity contribution in [2.75, 3.05) is 34.3 Å². The average Bonchev–Trinajstić information content (AvgIpc) is 2.84. The monoisotopic (exact) mass is 568 g/mol. The predicted octanol–water partition coefficient (Wildman–Crippen LogP) is 5.35. The molecule has 0 radical (unpaired) electrons. The van der Waals surface area contributed by atoms with Crippen molar-refractivity contribution in [1.29, 1.82) is 0 Å². The number of ether oxygens (including phenoxy) is 1. The Bertz CT molecular complexity index is 1330. The first-order chi connectivity index (χ1) is 16.7. The Hall–Kier alpha value is -2.04. The van der Waals surface area contributed by atoms with E-state index in [4.69, 9.17) is 16.3 Å². The van der Waals surface area contributed by atoms with E-state index in [0.717, 1.165) is 52.2 Å². The average molecular weight is 570 g/mol. The van der Waals surface area contributed by atoms with Gasteiger partial charge in [0.25, 0.3) is 10.0 Å². The van der Waals surface area contributed by atoms with Gasteiger partial charge in [-0.1, -0.05) is 11.6 Å². The molecule has 4 rings (SSSR count). The molecule has 0 N–H and O–H groups in total. The molecule has 7 nitrogen and oxygen atoms in total. The maximum Gasteiger partial charge on any atom is 0.283 e. The van der Waals surface area contributed by atoms with E-state index in [1.807, 2.05) is 30.1 Å². The molecule has 2 aromatic carbocycles. The molecule has 0 atom stereocenters. The van der Waals surface area contributed by atoms with Crippen LogP contribution in [0.3, 0.4) is 0 Å². The molecule has 0 amide bonds. The smallest absolute Gasteiger partial charge is 0.283 e. The number of benzene rings is 2. The molecule has 1 fully saturated rings. The summed E-state index contributed by atoms with van der Waals surface area (Å²) in [5.74, 6) is 0.675. The van der Waals surface area contributed by atoms with Crippen molar-refractivity contribution < 1.29 is 13.2 Å². The second-order valence-electron chi connectivity index (χ2n) is 8.73. The SMILES string of the molecule is COc1ccc(S(=O)(=O)N=CN(C)C)cc1CN1CCC(Sc2cc3ccncc3cc2Cl)CC1.Cl. The normalized spacial score (nSPS) is 15.2. The van der Waals surface area contributed by atoms with Crippen LogP contribution >= 0.6 is 35.8 Å². The molecule has 3 aromatic rings. The van der Waals surface area contributed by atoms with Crippen LogP contribution in [-0.4, -0.2) is 69.1 Å². The summed E-state index contributed by atoms with van der Waals surface area (Å²) in [4.78, 5) is 9.36. The Kier molecular flexibility index (Phi) is 9.88. The van der Waals surface area contributed by atoms with Gasteiger partial charge >= 0.3 is 0 Å². The van der Waals surface area contributed by atoms with Gasteiger partial charge in [-0.2, -0.15) is 8.42 Å². The molecule has 0 saturated carbocycles. The summed E-state index contributed by atoms with van der Waals surface area (Å²) in [5.41, 5.74) is 0.839.